The molecule has 0 amide bonds. The largest absolute Gasteiger partial charge is 0.508 e. The summed E-state index contributed by atoms with van der Waals surface area (Å²) in [4.78, 5) is 0. The number of hydrogen-bond acceptors (Lipinski definition) is 4. The van der Waals surface area contributed by atoms with Gasteiger partial charge in [0.05, 0.1) is 12.1 Å². The van der Waals surface area contributed by atoms with E-state index in [0.717, 1.165) is 17.7 Å². The van der Waals surface area contributed by atoms with Crippen molar-refractivity contribution in [2.24, 2.45) is 5.10 Å². The first-order chi connectivity index (χ1) is 10.7. The van der Waals surface area contributed by atoms with E-state index in [1.807, 2.05) is 43.3 Å². The summed E-state index contributed by atoms with van der Waals surface area (Å²) in [6.07, 6.45) is 0.787. The topological polar surface area (TPSA) is 59.6 Å². The molecule has 1 N–H and O–H groups in total. The van der Waals surface area contributed by atoms with Crippen LogP contribution in [0, 0.1) is 11.3 Å². The number of aromatic hydroxyl groups is 1. The Morgan fingerprint density at radius 3 is 2.55 bits per heavy atom. The van der Waals surface area contributed by atoms with E-state index in [4.69, 9.17) is 0 Å². The minimum absolute atomic E-state index is 0.0189. The molecule has 1 aliphatic heterocycles. The summed E-state index contributed by atoms with van der Waals surface area (Å²) in [6.45, 7) is 1.97. The Hall–Kier alpha value is -2.80. The third kappa shape index (κ3) is 2.53. The third-order valence-electron chi connectivity index (χ3n) is 3.90. The summed E-state index contributed by atoms with van der Waals surface area (Å²) in [6, 6.07) is 18.7. The standard InChI is InChI=1S/C18H17N3O/c1-13-11-16(14-7-3-2-4-8-14)21(20-13)17(12-19)15-9-5-6-10-18(15)22/h2-10,16-17,22H,11H2,1H3/t16-,17-/m0/s1. The molecule has 1 aliphatic rings. The third-order valence-corrected chi connectivity index (χ3v) is 3.90. The minimum Gasteiger partial charge on any atom is -0.508 e. The highest BCUT2D eigenvalue weighted by Gasteiger charge is 2.33. The number of rotatable bonds is 3. The Morgan fingerprint density at radius 2 is 1.86 bits per heavy atom. The van der Waals surface area contributed by atoms with Crippen LogP contribution in [0.3, 0.4) is 0 Å². The molecule has 0 saturated heterocycles. The Morgan fingerprint density at radius 1 is 1.18 bits per heavy atom. The molecule has 4 heteroatoms. The van der Waals surface area contributed by atoms with Crippen molar-refractivity contribution >= 4 is 5.71 Å². The van der Waals surface area contributed by atoms with Crippen molar-refractivity contribution < 1.29 is 5.11 Å². The van der Waals surface area contributed by atoms with Gasteiger partial charge in [-0.1, -0.05) is 48.5 Å². The monoisotopic (exact) mass is 291 g/mol. The average Bonchev–Trinajstić information content (AvgIpc) is 2.92. The highest BCUT2D eigenvalue weighted by molar-refractivity contribution is 5.84. The molecule has 0 spiro atoms. The number of nitrogens with zero attached hydrogens (tertiary/aromatic N) is 3. The lowest BCUT2D eigenvalue weighted by Gasteiger charge is -2.28. The van der Waals surface area contributed by atoms with E-state index in [-0.39, 0.29) is 11.8 Å². The summed E-state index contributed by atoms with van der Waals surface area (Å²) in [7, 11) is 0. The van der Waals surface area contributed by atoms with Gasteiger partial charge < -0.3 is 5.11 Å². The summed E-state index contributed by atoms with van der Waals surface area (Å²) in [5, 5.41) is 26.1. The van der Waals surface area contributed by atoms with Crippen LogP contribution in [0.1, 0.15) is 36.6 Å². The molecule has 2 aromatic carbocycles. The molecule has 0 unspecified atom stereocenters. The number of hydrogen-bond donors (Lipinski definition) is 1. The normalized spacial score (nSPS) is 18.6. The van der Waals surface area contributed by atoms with Crippen LogP contribution in [0.5, 0.6) is 5.75 Å². The summed E-state index contributed by atoms with van der Waals surface area (Å²) in [5.74, 6) is 0.126. The predicted molar refractivity (Wildman–Crippen MR) is 85.2 cm³/mol. The zero-order valence-electron chi connectivity index (χ0n) is 12.3. The summed E-state index contributed by atoms with van der Waals surface area (Å²) < 4.78 is 0. The number of para-hydroxylation sites is 1. The predicted octanol–water partition coefficient (Wildman–Crippen LogP) is 3.78. The maximum atomic E-state index is 10.1. The van der Waals surface area contributed by atoms with Gasteiger partial charge in [0.25, 0.3) is 0 Å². The fourth-order valence-corrected chi connectivity index (χ4v) is 2.85. The minimum atomic E-state index is -0.608. The van der Waals surface area contributed by atoms with Crippen molar-refractivity contribution in [1.82, 2.24) is 5.01 Å². The molecule has 0 saturated carbocycles. The van der Waals surface area contributed by atoms with Crippen LogP contribution >= 0.6 is 0 Å². The Labute approximate surface area is 129 Å². The second kappa shape index (κ2) is 5.90. The lowest BCUT2D eigenvalue weighted by molar-refractivity contribution is 0.194. The van der Waals surface area contributed by atoms with Crippen LogP contribution in [0.25, 0.3) is 0 Å². The van der Waals surface area contributed by atoms with Gasteiger partial charge in [0.1, 0.15) is 5.75 Å². The molecule has 0 aromatic heterocycles. The van der Waals surface area contributed by atoms with E-state index in [0.29, 0.717) is 5.56 Å². The van der Waals surface area contributed by atoms with Crippen LogP contribution < -0.4 is 0 Å². The Kier molecular flexibility index (Phi) is 3.80. The lowest BCUT2D eigenvalue weighted by atomic mass is 9.99. The number of hydrazone groups is 1. The molecule has 3 rings (SSSR count). The van der Waals surface area contributed by atoms with Gasteiger partial charge >= 0.3 is 0 Å². The van der Waals surface area contributed by atoms with Crippen molar-refractivity contribution in [2.75, 3.05) is 0 Å². The Balaban J connectivity index is 2.00. The fourth-order valence-electron chi connectivity index (χ4n) is 2.85. The first-order valence-electron chi connectivity index (χ1n) is 7.25. The quantitative estimate of drug-likeness (QED) is 0.936. The Bertz CT molecular complexity index is 733. The van der Waals surface area contributed by atoms with Crippen molar-refractivity contribution in [2.45, 2.75) is 25.4 Å². The van der Waals surface area contributed by atoms with Crippen LogP contribution in [0.15, 0.2) is 59.7 Å². The van der Waals surface area contributed by atoms with Crippen LogP contribution in [-0.2, 0) is 0 Å². The first kappa shape index (κ1) is 14.2. The molecule has 0 aliphatic carbocycles. The number of nitriles is 1. The van der Waals surface area contributed by atoms with E-state index in [9.17, 15) is 10.4 Å². The van der Waals surface area contributed by atoms with E-state index in [1.165, 1.54) is 0 Å². The average molecular weight is 291 g/mol. The number of phenolic OH excluding ortho intramolecular Hbond substituents is 1. The SMILES string of the molecule is CC1=NN([C@@H](C#N)c2ccccc2O)[C@H](c2ccccc2)C1. The molecule has 2 aromatic rings. The maximum absolute atomic E-state index is 10.1. The molecule has 110 valence electrons. The molecule has 1 heterocycles. The number of benzene rings is 2. The van der Waals surface area contributed by atoms with Gasteiger partial charge in [0.2, 0.25) is 0 Å². The molecule has 0 radical (unpaired) electrons. The zero-order valence-corrected chi connectivity index (χ0v) is 12.3. The van der Waals surface area contributed by atoms with Crippen LogP contribution in [-0.4, -0.2) is 15.8 Å². The summed E-state index contributed by atoms with van der Waals surface area (Å²) >= 11 is 0. The van der Waals surface area contributed by atoms with Crippen molar-refractivity contribution in [3.8, 4) is 11.8 Å². The van der Waals surface area contributed by atoms with Crippen molar-refractivity contribution in [3.63, 3.8) is 0 Å². The van der Waals surface area contributed by atoms with Crippen LogP contribution in [0.4, 0.5) is 0 Å². The molecular formula is C18H17N3O. The van der Waals surface area contributed by atoms with Gasteiger partial charge in [-0.2, -0.15) is 10.4 Å². The molecule has 0 fully saturated rings. The van der Waals surface area contributed by atoms with E-state index in [1.54, 1.807) is 23.2 Å². The van der Waals surface area contributed by atoms with Crippen molar-refractivity contribution in [3.05, 3.63) is 65.7 Å². The fraction of sp³-hybridized carbons (Fsp3) is 0.222. The van der Waals surface area contributed by atoms with Gasteiger partial charge in [-0.15, -0.1) is 0 Å². The van der Waals surface area contributed by atoms with Gasteiger partial charge in [-0.05, 0) is 18.6 Å². The number of phenols is 1. The maximum Gasteiger partial charge on any atom is 0.162 e. The first-order valence-corrected chi connectivity index (χ1v) is 7.25. The van der Waals surface area contributed by atoms with E-state index >= 15 is 0 Å². The second-order valence-electron chi connectivity index (χ2n) is 5.44. The summed E-state index contributed by atoms with van der Waals surface area (Å²) in [5.41, 5.74) is 2.70. The second-order valence-corrected chi connectivity index (χ2v) is 5.44. The zero-order chi connectivity index (χ0) is 15.5. The van der Waals surface area contributed by atoms with Crippen LogP contribution in [0.2, 0.25) is 0 Å². The highest BCUT2D eigenvalue weighted by Crippen LogP contribution is 2.39. The van der Waals surface area contributed by atoms with Gasteiger partial charge in [0, 0.05) is 17.7 Å². The van der Waals surface area contributed by atoms with Crippen molar-refractivity contribution in [1.29, 1.82) is 5.26 Å². The molecule has 22 heavy (non-hydrogen) atoms. The van der Waals surface area contributed by atoms with Gasteiger partial charge in [0.15, 0.2) is 6.04 Å². The highest BCUT2D eigenvalue weighted by atomic mass is 16.3. The smallest absolute Gasteiger partial charge is 0.162 e. The van der Waals surface area contributed by atoms with Gasteiger partial charge in [-0.3, -0.25) is 5.01 Å². The lowest BCUT2D eigenvalue weighted by Crippen LogP contribution is -2.24. The van der Waals surface area contributed by atoms with E-state index in [2.05, 4.69) is 11.2 Å². The molecule has 2 atom stereocenters. The molecular weight excluding hydrogens is 274 g/mol. The van der Waals surface area contributed by atoms with E-state index < -0.39 is 6.04 Å². The molecule has 0 bridgehead atoms. The molecule has 4 nitrogen and oxygen atoms in total. The van der Waals surface area contributed by atoms with Gasteiger partial charge in [-0.25, -0.2) is 0 Å².